The van der Waals surface area contributed by atoms with Crippen molar-refractivity contribution in [1.29, 1.82) is 0 Å². The summed E-state index contributed by atoms with van der Waals surface area (Å²) in [6.07, 6.45) is 1.03. The number of hydrogen-bond acceptors (Lipinski definition) is 4. The molecule has 5 heteroatoms. The summed E-state index contributed by atoms with van der Waals surface area (Å²) in [6.45, 7) is 1.76. The van der Waals surface area contributed by atoms with Gasteiger partial charge in [-0.2, -0.15) is 0 Å². The third-order valence-electron chi connectivity index (χ3n) is 2.97. The normalized spacial score (nSPS) is 30.2. The van der Waals surface area contributed by atoms with E-state index < -0.39 is 23.8 Å². The van der Waals surface area contributed by atoms with Gasteiger partial charge in [0, 0.05) is 5.57 Å². The molecule has 0 aromatic heterocycles. The van der Waals surface area contributed by atoms with Crippen LogP contribution >= 0.6 is 0 Å². The molecule has 0 amide bonds. The molecule has 2 aliphatic rings. The van der Waals surface area contributed by atoms with Gasteiger partial charge in [0.25, 0.3) is 0 Å². The molecular formula is C10H10O5. The van der Waals surface area contributed by atoms with Crippen LogP contribution in [0.15, 0.2) is 11.1 Å². The molecule has 2 atom stereocenters. The number of hydrogen-bond donors (Lipinski definition) is 1. The van der Waals surface area contributed by atoms with E-state index in [0.29, 0.717) is 12.8 Å². The summed E-state index contributed by atoms with van der Waals surface area (Å²) < 4.78 is 4.42. The van der Waals surface area contributed by atoms with Crippen LogP contribution in [0.4, 0.5) is 0 Å². The van der Waals surface area contributed by atoms with Gasteiger partial charge in [-0.15, -0.1) is 0 Å². The summed E-state index contributed by atoms with van der Waals surface area (Å²) in [4.78, 5) is 33.5. The van der Waals surface area contributed by atoms with Crippen molar-refractivity contribution >= 4 is 17.9 Å². The molecular weight excluding hydrogens is 200 g/mol. The van der Waals surface area contributed by atoms with Gasteiger partial charge in [-0.1, -0.05) is 6.92 Å². The molecule has 0 saturated carbocycles. The smallest absolute Gasteiger partial charge is 0.343 e. The molecule has 1 N–H and O–H groups in total. The van der Waals surface area contributed by atoms with Gasteiger partial charge in [0.15, 0.2) is 0 Å². The number of carbonyl (C=O) groups excluding carboxylic acids is 2. The molecule has 0 aromatic rings. The van der Waals surface area contributed by atoms with E-state index in [0.717, 1.165) is 0 Å². The average molecular weight is 210 g/mol. The van der Waals surface area contributed by atoms with E-state index in [1.165, 1.54) is 0 Å². The van der Waals surface area contributed by atoms with Gasteiger partial charge in [0.05, 0.1) is 11.5 Å². The highest BCUT2D eigenvalue weighted by atomic mass is 16.6. The Labute approximate surface area is 85.7 Å². The zero-order chi connectivity index (χ0) is 11.2. The number of esters is 2. The summed E-state index contributed by atoms with van der Waals surface area (Å²) in [5.41, 5.74) is 0.316. The molecule has 2 rings (SSSR count). The van der Waals surface area contributed by atoms with Crippen molar-refractivity contribution in [2.45, 2.75) is 19.8 Å². The first-order chi connectivity index (χ1) is 7.02. The molecule has 2 unspecified atom stereocenters. The minimum atomic E-state index is -1.07. The summed E-state index contributed by atoms with van der Waals surface area (Å²) in [7, 11) is 0. The van der Waals surface area contributed by atoms with E-state index in [9.17, 15) is 14.4 Å². The van der Waals surface area contributed by atoms with Crippen LogP contribution in [-0.2, 0) is 19.1 Å². The van der Waals surface area contributed by atoms with Crippen LogP contribution < -0.4 is 0 Å². The van der Waals surface area contributed by atoms with Gasteiger partial charge in [0.2, 0.25) is 0 Å². The fourth-order valence-electron chi connectivity index (χ4n) is 2.18. The third kappa shape index (κ3) is 1.35. The number of carboxylic acids is 1. The Morgan fingerprint density at radius 1 is 1.40 bits per heavy atom. The van der Waals surface area contributed by atoms with Crippen molar-refractivity contribution in [3.8, 4) is 0 Å². The summed E-state index contributed by atoms with van der Waals surface area (Å²) in [6, 6.07) is 0. The lowest BCUT2D eigenvalue weighted by Crippen LogP contribution is -2.29. The molecule has 5 nitrogen and oxygen atoms in total. The Morgan fingerprint density at radius 3 is 2.67 bits per heavy atom. The standard InChI is InChI=1S/C10H10O5/c1-4-2-3-5-7(6(4)8(11)12)10(14)15-9(5)13/h4,6H,2-3H2,1H3,(H,11,12). The Balaban J connectivity index is 2.49. The highest BCUT2D eigenvalue weighted by molar-refractivity contribution is 6.14. The van der Waals surface area contributed by atoms with E-state index in [2.05, 4.69) is 4.74 Å². The lowest BCUT2D eigenvalue weighted by Gasteiger charge is -2.24. The van der Waals surface area contributed by atoms with Crippen molar-refractivity contribution < 1.29 is 24.2 Å². The second-order valence-electron chi connectivity index (χ2n) is 3.90. The second-order valence-corrected chi connectivity index (χ2v) is 3.90. The van der Waals surface area contributed by atoms with E-state index in [4.69, 9.17) is 5.11 Å². The molecule has 0 radical (unpaired) electrons. The van der Waals surface area contributed by atoms with Gasteiger partial charge in [-0.05, 0) is 18.8 Å². The number of rotatable bonds is 1. The maximum absolute atomic E-state index is 11.3. The Hall–Kier alpha value is -1.65. The fraction of sp³-hybridized carbons (Fsp3) is 0.500. The first-order valence-electron chi connectivity index (χ1n) is 4.74. The van der Waals surface area contributed by atoms with Gasteiger partial charge >= 0.3 is 17.9 Å². The highest BCUT2D eigenvalue weighted by Crippen LogP contribution is 2.39. The van der Waals surface area contributed by atoms with E-state index in [1.54, 1.807) is 6.92 Å². The summed E-state index contributed by atoms with van der Waals surface area (Å²) in [5.74, 6) is -3.56. The number of cyclic esters (lactones) is 2. The zero-order valence-corrected chi connectivity index (χ0v) is 8.15. The predicted molar refractivity (Wildman–Crippen MR) is 47.6 cm³/mol. The number of aliphatic carboxylic acids is 1. The van der Waals surface area contributed by atoms with Crippen molar-refractivity contribution in [3.63, 3.8) is 0 Å². The summed E-state index contributed by atoms with van der Waals surface area (Å²) in [5, 5.41) is 9.01. The van der Waals surface area contributed by atoms with E-state index >= 15 is 0 Å². The Bertz CT molecular complexity index is 393. The second kappa shape index (κ2) is 3.18. The molecule has 1 heterocycles. The van der Waals surface area contributed by atoms with Crippen LogP contribution in [0, 0.1) is 11.8 Å². The quantitative estimate of drug-likeness (QED) is 0.503. The maximum Gasteiger partial charge on any atom is 0.343 e. The third-order valence-corrected chi connectivity index (χ3v) is 2.97. The molecule has 0 spiro atoms. The van der Waals surface area contributed by atoms with Crippen molar-refractivity contribution in [2.75, 3.05) is 0 Å². The Kier molecular flexibility index (Phi) is 2.10. The summed E-state index contributed by atoms with van der Waals surface area (Å²) >= 11 is 0. The number of ether oxygens (including phenoxy) is 1. The van der Waals surface area contributed by atoms with Gasteiger partial charge in [0.1, 0.15) is 0 Å². The van der Waals surface area contributed by atoms with Crippen LogP contribution in [0.2, 0.25) is 0 Å². The van der Waals surface area contributed by atoms with Crippen molar-refractivity contribution in [1.82, 2.24) is 0 Å². The van der Waals surface area contributed by atoms with Crippen LogP contribution in [0.3, 0.4) is 0 Å². The lowest BCUT2D eigenvalue weighted by atomic mass is 9.76. The molecule has 80 valence electrons. The SMILES string of the molecule is CC1CCC2=C(C(=O)OC2=O)C1C(=O)O. The Morgan fingerprint density at radius 2 is 2.07 bits per heavy atom. The molecule has 0 bridgehead atoms. The van der Waals surface area contributed by atoms with E-state index in [1.807, 2.05) is 0 Å². The minimum absolute atomic E-state index is 0.0613. The van der Waals surface area contributed by atoms with Gasteiger partial charge in [-0.25, -0.2) is 9.59 Å². The molecule has 0 fully saturated rings. The van der Waals surface area contributed by atoms with Crippen LogP contribution in [0.1, 0.15) is 19.8 Å². The van der Waals surface area contributed by atoms with Gasteiger partial charge in [-0.3, -0.25) is 4.79 Å². The van der Waals surface area contributed by atoms with Crippen LogP contribution in [0.5, 0.6) is 0 Å². The average Bonchev–Trinajstić information content (AvgIpc) is 2.41. The zero-order valence-electron chi connectivity index (χ0n) is 8.15. The van der Waals surface area contributed by atoms with Crippen LogP contribution in [0.25, 0.3) is 0 Å². The molecule has 0 saturated heterocycles. The predicted octanol–water partition coefficient (Wildman–Crippen LogP) is 0.497. The van der Waals surface area contributed by atoms with Crippen LogP contribution in [-0.4, -0.2) is 23.0 Å². The minimum Gasteiger partial charge on any atom is -0.481 e. The highest BCUT2D eigenvalue weighted by Gasteiger charge is 2.45. The molecule has 1 aliphatic heterocycles. The lowest BCUT2D eigenvalue weighted by molar-refractivity contribution is -0.153. The van der Waals surface area contributed by atoms with Crippen molar-refractivity contribution in [2.24, 2.45) is 11.8 Å². The largest absolute Gasteiger partial charge is 0.481 e. The number of carboxylic acid groups (broad SMARTS) is 1. The maximum atomic E-state index is 11.3. The van der Waals surface area contributed by atoms with E-state index in [-0.39, 0.29) is 17.1 Å². The molecule has 0 aromatic carbocycles. The molecule has 15 heavy (non-hydrogen) atoms. The molecule has 1 aliphatic carbocycles. The van der Waals surface area contributed by atoms with Gasteiger partial charge < -0.3 is 9.84 Å². The number of carbonyl (C=O) groups is 3. The monoisotopic (exact) mass is 210 g/mol. The fourth-order valence-corrected chi connectivity index (χ4v) is 2.18. The topological polar surface area (TPSA) is 80.7 Å². The first-order valence-corrected chi connectivity index (χ1v) is 4.74. The first kappa shape index (κ1) is 9.89. The van der Waals surface area contributed by atoms with Crippen molar-refractivity contribution in [3.05, 3.63) is 11.1 Å².